The van der Waals surface area contributed by atoms with Crippen LogP contribution in [0.15, 0.2) is 59.8 Å². The highest BCUT2D eigenvalue weighted by molar-refractivity contribution is 6.30. The van der Waals surface area contributed by atoms with E-state index in [0.29, 0.717) is 41.2 Å². The zero-order valence-electron chi connectivity index (χ0n) is 20.0. The van der Waals surface area contributed by atoms with Gasteiger partial charge in [-0.1, -0.05) is 35.9 Å². The van der Waals surface area contributed by atoms with Crippen molar-refractivity contribution in [3.8, 4) is 0 Å². The van der Waals surface area contributed by atoms with Crippen molar-refractivity contribution in [3.63, 3.8) is 0 Å². The van der Waals surface area contributed by atoms with Gasteiger partial charge < -0.3 is 20.5 Å². The number of carbonyl (C=O) groups excluding carboxylic acids is 2. The van der Waals surface area contributed by atoms with Crippen molar-refractivity contribution < 1.29 is 23.8 Å². The van der Waals surface area contributed by atoms with E-state index in [-0.39, 0.29) is 24.5 Å². The van der Waals surface area contributed by atoms with Gasteiger partial charge in [0.1, 0.15) is 5.82 Å². The Morgan fingerprint density at radius 3 is 2.39 bits per heavy atom. The number of urea groups is 1. The van der Waals surface area contributed by atoms with E-state index >= 15 is 0 Å². The molecule has 2 fully saturated rings. The maximum Gasteiger partial charge on any atom is 0.338 e. The number of piperidine rings is 1. The van der Waals surface area contributed by atoms with Crippen molar-refractivity contribution in [2.45, 2.75) is 56.3 Å². The molecule has 36 heavy (non-hydrogen) atoms. The number of fused-ring (bicyclic) bond motifs is 2. The van der Waals surface area contributed by atoms with Crippen LogP contribution in [0.4, 0.5) is 9.18 Å². The van der Waals surface area contributed by atoms with Gasteiger partial charge in [-0.05, 0) is 68.0 Å². The predicted molar refractivity (Wildman–Crippen MR) is 133 cm³/mol. The molecule has 7 nitrogen and oxygen atoms in total. The van der Waals surface area contributed by atoms with Gasteiger partial charge in [0.2, 0.25) is 0 Å². The van der Waals surface area contributed by atoms with Crippen LogP contribution in [-0.4, -0.2) is 47.2 Å². The number of hydrogen-bond donors (Lipinski definition) is 3. The zero-order chi connectivity index (χ0) is 25.4. The number of esters is 1. The third-order valence-corrected chi connectivity index (χ3v) is 7.74. The van der Waals surface area contributed by atoms with Crippen molar-refractivity contribution in [3.05, 3.63) is 81.8 Å². The van der Waals surface area contributed by atoms with Crippen LogP contribution in [0.25, 0.3) is 0 Å². The Balaban J connectivity index is 1.45. The van der Waals surface area contributed by atoms with Gasteiger partial charge >= 0.3 is 12.0 Å². The molecule has 190 valence electrons. The van der Waals surface area contributed by atoms with Gasteiger partial charge in [0.25, 0.3) is 0 Å². The molecule has 2 aromatic carbocycles. The first-order chi connectivity index (χ1) is 17.3. The van der Waals surface area contributed by atoms with E-state index in [1.54, 1.807) is 43.3 Å². The number of nitrogens with zero attached hydrogens (tertiary/aromatic N) is 1. The second-order valence-corrected chi connectivity index (χ2v) is 10.1. The van der Waals surface area contributed by atoms with Gasteiger partial charge in [-0.3, -0.25) is 4.90 Å². The number of amides is 2. The first-order valence-corrected chi connectivity index (χ1v) is 12.6. The summed E-state index contributed by atoms with van der Waals surface area (Å²) in [5, 5.41) is 17.7. The van der Waals surface area contributed by atoms with E-state index in [9.17, 15) is 19.1 Å². The molecule has 3 heterocycles. The van der Waals surface area contributed by atoms with Crippen molar-refractivity contribution in [1.82, 2.24) is 15.5 Å². The summed E-state index contributed by atoms with van der Waals surface area (Å²) in [5.41, 5.74) is 1.25. The first-order valence-electron chi connectivity index (χ1n) is 12.2. The summed E-state index contributed by atoms with van der Waals surface area (Å²) in [5.74, 6) is -0.829. The molecule has 1 unspecified atom stereocenters. The van der Waals surface area contributed by atoms with Crippen LogP contribution in [0, 0.1) is 5.82 Å². The van der Waals surface area contributed by atoms with E-state index < -0.39 is 23.6 Å². The molecule has 2 aromatic rings. The average Bonchev–Trinajstić information content (AvgIpc) is 3.08. The van der Waals surface area contributed by atoms with Crippen LogP contribution in [-0.2, 0) is 15.1 Å². The molecule has 2 saturated heterocycles. The predicted octanol–water partition coefficient (Wildman–Crippen LogP) is 4.16. The van der Waals surface area contributed by atoms with Crippen molar-refractivity contribution in [2.24, 2.45) is 0 Å². The minimum atomic E-state index is -1.04. The molecule has 2 amide bonds. The zero-order valence-corrected chi connectivity index (χ0v) is 20.7. The highest BCUT2D eigenvalue weighted by Gasteiger charge is 2.49. The van der Waals surface area contributed by atoms with Crippen molar-refractivity contribution >= 4 is 23.6 Å². The molecule has 0 saturated carbocycles. The minimum Gasteiger partial charge on any atom is -0.463 e. The fraction of sp³-hybridized carbons (Fsp3) is 0.407. The Morgan fingerprint density at radius 1 is 1.14 bits per heavy atom. The average molecular weight is 514 g/mol. The molecule has 4 atom stereocenters. The van der Waals surface area contributed by atoms with Gasteiger partial charge in [-0.15, -0.1) is 0 Å². The standard InChI is InChI=1S/C27H29ClFN3O4/c1-2-36-25(33)23-22(30-26(34)31-24(23)16-3-7-18(28)8-4-16)15-32-20-11-12-21(32)14-27(35,13-20)17-5-9-19(29)10-6-17/h3-10,20-21,24,35H,2,11-15H2,1H3,(H2,30,31,34)/t20-,21+,24-,27?/m0/s1. The lowest BCUT2D eigenvalue weighted by Crippen LogP contribution is -2.53. The van der Waals surface area contributed by atoms with E-state index in [1.165, 1.54) is 12.1 Å². The van der Waals surface area contributed by atoms with Gasteiger partial charge in [0, 0.05) is 29.3 Å². The second kappa shape index (κ2) is 9.84. The molecule has 9 heteroatoms. The molecule has 3 aliphatic heterocycles. The maximum atomic E-state index is 13.5. The second-order valence-electron chi connectivity index (χ2n) is 9.70. The Hall–Kier alpha value is -2.94. The SMILES string of the molecule is CCOC(=O)C1=C(CN2[C@@H]3CC[C@H]2CC(O)(c2ccc(F)cc2)C3)NC(=O)N[C@H]1c1ccc(Cl)cc1. The van der Waals surface area contributed by atoms with Gasteiger partial charge in [-0.2, -0.15) is 0 Å². The summed E-state index contributed by atoms with van der Waals surface area (Å²) < 4.78 is 18.8. The summed E-state index contributed by atoms with van der Waals surface area (Å²) in [4.78, 5) is 28.0. The topological polar surface area (TPSA) is 90.9 Å². The van der Waals surface area contributed by atoms with Crippen LogP contribution >= 0.6 is 11.6 Å². The summed E-state index contributed by atoms with van der Waals surface area (Å²) in [6.45, 7) is 2.29. The van der Waals surface area contributed by atoms with Crippen molar-refractivity contribution in [2.75, 3.05) is 13.2 Å². The first kappa shape index (κ1) is 24.7. The molecule has 3 N–H and O–H groups in total. The Morgan fingerprint density at radius 2 is 1.78 bits per heavy atom. The molecule has 5 rings (SSSR count). The molecule has 0 spiro atoms. The number of ether oxygens (including phenoxy) is 1. The molecule has 3 aliphatic rings. The molecule has 0 aliphatic carbocycles. The fourth-order valence-corrected chi connectivity index (χ4v) is 5.98. The third kappa shape index (κ3) is 4.73. The van der Waals surface area contributed by atoms with E-state index in [1.807, 2.05) is 0 Å². The molecule has 0 aromatic heterocycles. The molecular formula is C27H29ClFN3O4. The van der Waals surface area contributed by atoms with E-state index in [2.05, 4.69) is 15.5 Å². The third-order valence-electron chi connectivity index (χ3n) is 7.49. The summed E-state index contributed by atoms with van der Waals surface area (Å²) in [6, 6.07) is 12.1. The Kier molecular flexibility index (Phi) is 6.76. The Labute approximate surface area is 214 Å². The van der Waals surface area contributed by atoms with Crippen LogP contribution < -0.4 is 10.6 Å². The highest BCUT2D eigenvalue weighted by Crippen LogP contribution is 2.46. The van der Waals surface area contributed by atoms with Crippen LogP contribution in [0.2, 0.25) is 5.02 Å². The number of nitrogens with one attached hydrogen (secondary N) is 2. The number of aliphatic hydroxyl groups is 1. The Bertz CT molecular complexity index is 1170. The van der Waals surface area contributed by atoms with Gasteiger partial charge in [0.05, 0.1) is 23.8 Å². The van der Waals surface area contributed by atoms with Crippen molar-refractivity contribution in [1.29, 1.82) is 0 Å². The summed E-state index contributed by atoms with van der Waals surface area (Å²) in [7, 11) is 0. The van der Waals surface area contributed by atoms with Gasteiger partial charge in [0.15, 0.2) is 0 Å². The lowest BCUT2D eigenvalue weighted by atomic mass is 9.80. The summed E-state index contributed by atoms with van der Waals surface area (Å²) >= 11 is 6.05. The maximum absolute atomic E-state index is 13.5. The van der Waals surface area contributed by atoms with E-state index in [4.69, 9.17) is 16.3 Å². The number of hydrogen-bond acceptors (Lipinski definition) is 5. The largest absolute Gasteiger partial charge is 0.463 e. The van der Waals surface area contributed by atoms with E-state index in [0.717, 1.165) is 18.4 Å². The molecule has 2 bridgehead atoms. The fourth-order valence-electron chi connectivity index (χ4n) is 5.85. The monoisotopic (exact) mass is 513 g/mol. The lowest BCUT2D eigenvalue weighted by Gasteiger charge is -2.45. The number of rotatable bonds is 6. The van der Waals surface area contributed by atoms with Gasteiger partial charge in [-0.25, -0.2) is 14.0 Å². The number of benzene rings is 2. The van der Waals surface area contributed by atoms with Crippen LogP contribution in [0.1, 0.15) is 49.8 Å². The number of halogens is 2. The van der Waals surface area contributed by atoms with Crippen LogP contribution in [0.5, 0.6) is 0 Å². The minimum absolute atomic E-state index is 0.0514. The normalized spacial score (nSPS) is 28.0. The molecular weight excluding hydrogens is 485 g/mol. The quantitative estimate of drug-likeness (QED) is 0.504. The lowest BCUT2D eigenvalue weighted by molar-refractivity contribution is -0.139. The summed E-state index contributed by atoms with van der Waals surface area (Å²) in [6.07, 6.45) is 2.76. The number of carbonyl (C=O) groups is 2. The highest BCUT2D eigenvalue weighted by atomic mass is 35.5. The smallest absolute Gasteiger partial charge is 0.338 e. The van der Waals surface area contributed by atoms with Crippen LogP contribution in [0.3, 0.4) is 0 Å². The molecule has 0 radical (unpaired) electrons.